The summed E-state index contributed by atoms with van der Waals surface area (Å²) in [4.78, 5) is 14.5. The summed E-state index contributed by atoms with van der Waals surface area (Å²) >= 11 is 0. The average Bonchev–Trinajstić information content (AvgIpc) is 3.24. The molecule has 1 aliphatic carbocycles. The molecule has 1 aromatic carbocycles. The first kappa shape index (κ1) is 16.9. The summed E-state index contributed by atoms with van der Waals surface area (Å²) in [6.07, 6.45) is -1.57. The summed E-state index contributed by atoms with van der Waals surface area (Å²) in [5.74, 6) is -0.431. The highest BCUT2D eigenvalue weighted by atomic mass is 19.4. The molecular formula is C16H20F3N3O2. The van der Waals surface area contributed by atoms with Crippen LogP contribution in [0.5, 0.6) is 5.75 Å². The quantitative estimate of drug-likeness (QED) is 0.882. The number of anilines is 1. The minimum absolute atomic E-state index is 0.00343. The van der Waals surface area contributed by atoms with Crippen molar-refractivity contribution in [2.24, 2.45) is 0 Å². The molecule has 2 N–H and O–H groups in total. The lowest BCUT2D eigenvalue weighted by Crippen LogP contribution is -2.40. The SMILES string of the molecule is C[C@H]1C[C@H](NC(=O)Nc2ccccc2OC(F)(F)F)CN1C1CC1. The van der Waals surface area contributed by atoms with Gasteiger partial charge in [-0.15, -0.1) is 13.2 Å². The van der Waals surface area contributed by atoms with Crippen molar-refractivity contribution in [3.05, 3.63) is 24.3 Å². The van der Waals surface area contributed by atoms with Gasteiger partial charge in [-0.2, -0.15) is 0 Å². The minimum Gasteiger partial charge on any atom is -0.404 e. The molecule has 132 valence electrons. The number of nitrogens with zero attached hydrogens (tertiary/aromatic N) is 1. The first-order valence-electron chi connectivity index (χ1n) is 8.00. The number of benzene rings is 1. The Hall–Kier alpha value is -1.96. The topological polar surface area (TPSA) is 53.6 Å². The van der Waals surface area contributed by atoms with Crippen LogP contribution in [0.2, 0.25) is 0 Å². The molecule has 24 heavy (non-hydrogen) atoms. The summed E-state index contributed by atoms with van der Waals surface area (Å²) in [7, 11) is 0. The number of carbonyl (C=O) groups excluding carboxylic acids is 1. The van der Waals surface area contributed by atoms with Crippen molar-refractivity contribution in [2.45, 2.75) is 50.7 Å². The summed E-state index contributed by atoms with van der Waals surface area (Å²) in [5, 5.41) is 5.27. The Balaban J connectivity index is 1.57. The highest BCUT2D eigenvalue weighted by molar-refractivity contribution is 5.91. The molecule has 8 heteroatoms. The number of urea groups is 1. The van der Waals surface area contributed by atoms with Gasteiger partial charge in [0.15, 0.2) is 5.75 Å². The number of rotatable bonds is 4. The number of nitrogens with one attached hydrogen (secondary N) is 2. The number of para-hydroxylation sites is 2. The number of halogens is 3. The fourth-order valence-corrected chi connectivity index (χ4v) is 3.20. The van der Waals surface area contributed by atoms with Crippen LogP contribution in [0.15, 0.2) is 24.3 Å². The normalized spacial score (nSPS) is 24.7. The van der Waals surface area contributed by atoms with Crippen LogP contribution in [0.3, 0.4) is 0 Å². The van der Waals surface area contributed by atoms with Crippen molar-refractivity contribution in [2.75, 3.05) is 11.9 Å². The van der Waals surface area contributed by atoms with Crippen LogP contribution in [0.4, 0.5) is 23.7 Å². The van der Waals surface area contributed by atoms with Crippen LogP contribution in [-0.2, 0) is 0 Å². The standard InChI is InChI=1S/C16H20F3N3O2/c1-10-8-11(9-22(10)12-6-7-12)20-15(23)21-13-4-2-3-5-14(13)24-16(17,18)19/h2-5,10-12H,6-9H2,1H3,(H2,20,21,23)/t10-,11-/m0/s1. The molecule has 2 amide bonds. The van der Waals surface area contributed by atoms with Gasteiger partial charge < -0.3 is 15.4 Å². The van der Waals surface area contributed by atoms with Crippen molar-refractivity contribution in [3.63, 3.8) is 0 Å². The molecule has 0 unspecified atom stereocenters. The number of hydrogen-bond acceptors (Lipinski definition) is 3. The smallest absolute Gasteiger partial charge is 0.404 e. The maximum Gasteiger partial charge on any atom is 0.573 e. The van der Waals surface area contributed by atoms with Crippen LogP contribution >= 0.6 is 0 Å². The summed E-state index contributed by atoms with van der Waals surface area (Å²) in [5.41, 5.74) is -0.0163. The first-order chi connectivity index (χ1) is 11.3. The van der Waals surface area contributed by atoms with Crippen LogP contribution in [0, 0.1) is 0 Å². The molecule has 1 saturated carbocycles. The van der Waals surface area contributed by atoms with Gasteiger partial charge in [-0.05, 0) is 38.3 Å². The minimum atomic E-state index is -4.81. The highest BCUT2D eigenvalue weighted by Gasteiger charge is 2.39. The molecule has 2 fully saturated rings. The van der Waals surface area contributed by atoms with E-state index in [1.165, 1.54) is 31.0 Å². The third kappa shape index (κ3) is 4.31. The van der Waals surface area contributed by atoms with Crippen molar-refractivity contribution in [1.82, 2.24) is 10.2 Å². The van der Waals surface area contributed by atoms with E-state index in [0.717, 1.165) is 19.0 Å². The molecule has 2 atom stereocenters. The first-order valence-corrected chi connectivity index (χ1v) is 8.00. The van der Waals surface area contributed by atoms with E-state index in [2.05, 4.69) is 27.2 Å². The zero-order valence-electron chi connectivity index (χ0n) is 13.3. The number of ether oxygens (including phenoxy) is 1. The Morgan fingerprint density at radius 1 is 1.29 bits per heavy atom. The number of hydrogen-bond donors (Lipinski definition) is 2. The molecule has 0 spiro atoms. The molecule has 0 radical (unpaired) electrons. The van der Waals surface area contributed by atoms with Gasteiger partial charge in [-0.25, -0.2) is 4.79 Å². The maximum atomic E-state index is 12.4. The Morgan fingerprint density at radius 2 is 2.00 bits per heavy atom. The molecule has 2 aliphatic rings. The van der Waals surface area contributed by atoms with E-state index in [4.69, 9.17) is 0 Å². The van der Waals surface area contributed by atoms with E-state index in [1.54, 1.807) is 0 Å². The predicted octanol–water partition coefficient (Wildman–Crippen LogP) is 3.33. The lowest BCUT2D eigenvalue weighted by Gasteiger charge is -2.20. The fraction of sp³-hybridized carbons (Fsp3) is 0.562. The van der Waals surface area contributed by atoms with Gasteiger partial charge in [0.25, 0.3) is 0 Å². The summed E-state index contributed by atoms with van der Waals surface area (Å²) in [6, 6.07) is 5.98. The maximum absolute atomic E-state index is 12.4. The van der Waals surface area contributed by atoms with E-state index in [9.17, 15) is 18.0 Å². The number of carbonyl (C=O) groups is 1. The van der Waals surface area contributed by atoms with E-state index >= 15 is 0 Å². The van der Waals surface area contributed by atoms with Crippen molar-refractivity contribution < 1.29 is 22.7 Å². The van der Waals surface area contributed by atoms with E-state index < -0.39 is 18.1 Å². The Labute approximate surface area is 138 Å². The predicted molar refractivity (Wildman–Crippen MR) is 82.9 cm³/mol. The number of amides is 2. The van der Waals surface area contributed by atoms with Gasteiger partial charge in [-0.1, -0.05) is 12.1 Å². The Bertz CT molecular complexity index is 604. The molecule has 3 rings (SSSR count). The highest BCUT2D eigenvalue weighted by Crippen LogP contribution is 2.33. The van der Waals surface area contributed by atoms with E-state index in [-0.39, 0.29) is 11.7 Å². The molecular weight excluding hydrogens is 323 g/mol. The third-order valence-corrected chi connectivity index (χ3v) is 4.34. The Kier molecular flexibility index (Phi) is 4.58. The van der Waals surface area contributed by atoms with Gasteiger partial charge in [0.05, 0.1) is 5.69 Å². The van der Waals surface area contributed by atoms with Crippen LogP contribution in [-0.4, -0.2) is 42.0 Å². The second kappa shape index (κ2) is 6.51. The van der Waals surface area contributed by atoms with Crippen LogP contribution in [0.1, 0.15) is 26.2 Å². The zero-order chi connectivity index (χ0) is 17.3. The molecule has 0 bridgehead atoms. The van der Waals surface area contributed by atoms with Gasteiger partial charge in [-0.3, -0.25) is 4.90 Å². The lowest BCUT2D eigenvalue weighted by atomic mass is 10.2. The van der Waals surface area contributed by atoms with Gasteiger partial charge >= 0.3 is 12.4 Å². The zero-order valence-corrected chi connectivity index (χ0v) is 13.3. The Morgan fingerprint density at radius 3 is 2.67 bits per heavy atom. The van der Waals surface area contributed by atoms with E-state index in [1.807, 2.05) is 0 Å². The lowest BCUT2D eigenvalue weighted by molar-refractivity contribution is -0.274. The molecule has 1 aliphatic heterocycles. The molecule has 0 aromatic heterocycles. The van der Waals surface area contributed by atoms with Crippen LogP contribution < -0.4 is 15.4 Å². The molecule has 1 heterocycles. The number of likely N-dealkylation sites (tertiary alicyclic amines) is 1. The summed E-state index contributed by atoms with van der Waals surface area (Å²) in [6.45, 7) is 2.91. The molecule has 1 aromatic rings. The van der Waals surface area contributed by atoms with Crippen molar-refractivity contribution >= 4 is 11.7 Å². The van der Waals surface area contributed by atoms with Gasteiger partial charge in [0.1, 0.15) is 0 Å². The second-order valence-electron chi connectivity index (χ2n) is 6.35. The molecule has 1 saturated heterocycles. The van der Waals surface area contributed by atoms with Crippen LogP contribution in [0.25, 0.3) is 0 Å². The third-order valence-electron chi connectivity index (χ3n) is 4.34. The fourth-order valence-electron chi connectivity index (χ4n) is 3.20. The largest absolute Gasteiger partial charge is 0.573 e. The van der Waals surface area contributed by atoms with Gasteiger partial charge in [0, 0.05) is 24.7 Å². The van der Waals surface area contributed by atoms with Crippen molar-refractivity contribution in [1.29, 1.82) is 0 Å². The van der Waals surface area contributed by atoms with Gasteiger partial charge in [0.2, 0.25) is 0 Å². The second-order valence-corrected chi connectivity index (χ2v) is 6.35. The van der Waals surface area contributed by atoms with E-state index in [0.29, 0.717) is 12.1 Å². The van der Waals surface area contributed by atoms with Crippen molar-refractivity contribution in [3.8, 4) is 5.75 Å². The number of alkyl halides is 3. The molecule has 5 nitrogen and oxygen atoms in total. The monoisotopic (exact) mass is 343 g/mol. The average molecular weight is 343 g/mol. The summed E-state index contributed by atoms with van der Waals surface area (Å²) < 4.78 is 41.1.